The summed E-state index contributed by atoms with van der Waals surface area (Å²) in [6.07, 6.45) is 0. The van der Waals surface area contributed by atoms with Gasteiger partial charge in [-0.15, -0.1) is 0 Å². The van der Waals surface area contributed by atoms with E-state index in [1.807, 2.05) is 5.32 Å². The number of nitrogens with two attached hydrogens (primary N) is 1. The Balaban J connectivity index is 3.12. The molecule has 0 aliphatic heterocycles. The van der Waals surface area contributed by atoms with Gasteiger partial charge in [0.25, 0.3) is 5.91 Å². The van der Waals surface area contributed by atoms with Crippen molar-refractivity contribution in [2.45, 2.75) is 0 Å². The van der Waals surface area contributed by atoms with E-state index < -0.39 is 46.2 Å². The lowest BCUT2D eigenvalue weighted by molar-refractivity contribution is -0.387. The second-order valence-corrected chi connectivity index (χ2v) is 3.19. The molecular weight excluding hydrogens is 252 g/mol. The van der Waals surface area contributed by atoms with Crippen LogP contribution in [0.3, 0.4) is 0 Å². The van der Waals surface area contributed by atoms with E-state index in [-0.39, 0.29) is 0 Å². The van der Waals surface area contributed by atoms with Gasteiger partial charge in [0.15, 0.2) is 0 Å². The van der Waals surface area contributed by atoms with Crippen molar-refractivity contribution in [3.8, 4) is 0 Å². The van der Waals surface area contributed by atoms with Crippen molar-refractivity contribution in [2.75, 3.05) is 6.54 Å². The molecule has 2 amide bonds. The highest BCUT2D eigenvalue weighted by atomic mass is 19.1. The van der Waals surface area contributed by atoms with Crippen LogP contribution < -0.4 is 11.1 Å². The number of primary amides is 1. The maximum absolute atomic E-state index is 13.5. The van der Waals surface area contributed by atoms with Crippen molar-refractivity contribution in [1.29, 1.82) is 0 Å². The van der Waals surface area contributed by atoms with Crippen molar-refractivity contribution in [2.24, 2.45) is 5.73 Å². The minimum Gasteiger partial charge on any atom is -0.368 e. The highest BCUT2D eigenvalue weighted by molar-refractivity contribution is 5.97. The molecule has 0 radical (unpaired) electrons. The predicted molar refractivity (Wildman–Crippen MR) is 54.5 cm³/mol. The maximum Gasteiger partial charge on any atom is 0.308 e. The Kier molecular flexibility index (Phi) is 3.87. The molecule has 7 nitrogen and oxygen atoms in total. The van der Waals surface area contributed by atoms with E-state index in [1.165, 1.54) is 0 Å². The van der Waals surface area contributed by atoms with E-state index >= 15 is 0 Å². The summed E-state index contributed by atoms with van der Waals surface area (Å²) < 4.78 is 26.5. The molecule has 0 aliphatic rings. The molecule has 0 heterocycles. The van der Waals surface area contributed by atoms with Crippen LogP contribution >= 0.6 is 0 Å². The Bertz CT molecular complexity index is 533. The van der Waals surface area contributed by atoms with Crippen LogP contribution in [0.15, 0.2) is 12.1 Å². The molecule has 0 atom stereocenters. The van der Waals surface area contributed by atoms with E-state index in [9.17, 15) is 28.5 Å². The smallest absolute Gasteiger partial charge is 0.308 e. The summed E-state index contributed by atoms with van der Waals surface area (Å²) >= 11 is 0. The summed E-state index contributed by atoms with van der Waals surface area (Å²) in [5.41, 5.74) is 2.70. The zero-order chi connectivity index (χ0) is 13.9. The van der Waals surface area contributed by atoms with Gasteiger partial charge in [-0.3, -0.25) is 19.7 Å². The summed E-state index contributed by atoms with van der Waals surface area (Å²) in [6, 6.07) is 0.832. The number of hydrogen-bond donors (Lipinski definition) is 2. The summed E-state index contributed by atoms with van der Waals surface area (Å²) in [4.78, 5) is 31.0. The number of carbonyl (C=O) groups is 2. The highest BCUT2D eigenvalue weighted by Gasteiger charge is 2.24. The maximum atomic E-state index is 13.5. The molecule has 0 saturated heterocycles. The number of hydrogen-bond acceptors (Lipinski definition) is 4. The largest absolute Gasteiger partial charge is 0.368 e. The Morgan fingerprint density at radius 1 is 1.39 bits per heavy atom. The number of nitrogens with one attached hydrogen (secondary N) is 1. The van der Waals surface area contributed by atoms with Crippen LogP contribution in [0.4, 0.5) is 14.5 Å². The van der Waals surface area contributed by atoms with Gasteiger partial charge in [0.2, 0.25) is 11.7 Å². The Labute approximate surface area is 98.7 Å². The summed E-state index contributed by atoms with van der Waals surface area (Å²) in [6.45, 7) is -0.595. The number of benzene rings is 1. The first-order valence-electron chi connectivity index (χ1n) is 4.53. The second-order valence-electron chi connectivity index (χ2n) is 3.19. The van der Waals surface area contributed by atoms with Crippen LogP contribution in [-0.4, -0.2) is 23.3 Å². The predicted octanol–water partition coefficient (Wildman–Crippen LogP) is 0.0881. The Morgan fingerprint density at radius 3 is 2.50 bits per heavy atom. The molecule has 0 fully saturated rings. The number of amides is 2. The quantitative estimate of drug-likeness (QED) is 0.588. The zero-order valence-corrected chi connectivity index (χ0v) is 8.78. The van der Waals surface area contributed by atoms with Gasteiger partial charge in [0, 0.05) is 0 Å². The minimum atomic E-state index is -1.48. The third kappa shape index (κ3) is 2.97. The molecule has 1 aromatic rings. The molecule has 0 aromatic heterocycles. The highest BCUT2D eigenvalue weighted by Crippen LogP contribution is 2.22. The van der Waals surface area contributed by atoms with Crippen molar-refractivity contribution in [3.63, 3.8) is 0 Å². The molecule has 0 saturated carbocycles. The molecule has 18 heavy (non-hydrogen) atoms. The first-order valence-corrected chi connectivity index (χ1v) is 4.53. The molecule has 0 bridgehead atoms. The van der Waals surface area contributed by atoms with Gasteiger partial charge in [0.05, 0.1) is 23.1 Å². The number of rotatable bonds is 4. The summed E-state index contributed by atoms with van der Waals surface area (Å²) in [5.74, 6) is -4.70. The standard InChI is InChI=1S/C9H7F2N3O4/c10-4-1-5(9(16)13-3-7(12)15)8(11)6(2-4)14(17)18/h1-2H,3H2,(H2,12,15)(H,13,16). The first kappa shape index (κ1) is 13.5. The van der Waals surface area contributed by atoms with E-state index in [1.54, 1.807) is 0 Å². The van der Waals surface area contributed by atoms with Gasteiger partial charge >= 0.3 is 5.69 Å². The molecule has 0 aliphatic carbocycles. The molecular formula is C9H7F2N3O4. The van der Waals surface area contributed by atoms with Crippen molar-refractivity contribution < 1.29 is 23.3 Å². The summed E-state index contributed by atoms with van der Waals surface area (Å²) in [5, 5.41) is 12.3. The average molecular weight is 259 g/mol. The topological polar surface area (TPSA) is 115 Å². The SMILES string of the molecule is NC(=O)CNC(=O)c1cc(F)cc([N+](=O)[O-])c1F. The Hall–Kier alpha value is -2.58. The van der Waals surface area contributed by atoms with Crippen LogP contribution in [0.1, 0.15) is 10.4 Å². The molecule has 1 aromatic carbocycles. The summed E-state index contributed by atoms with van der Waals surface area (Å²) in [7, 11) is 0. The number of nitrogens with zero attached hydrogens (tertiary/aromatic N) is 1. The van der Waals surface area contributed by atoms with Crippen LogP contribution in [0.25, 0.3) is 0 Å². The van der Waals surface area contributed by atoms with E-state index in [4.69, 9.17) is 5.73 Å². The van der Waals surface area contributed by atoms with Gasteiger partial charge in [-0.2, -0.15) is 4.39 Å². The van der Waals surface area contributed by atoms with Crippen LogP contribution in [-0.2, 0) is 4.79 Å². The number of nitro groups is 1. The van der Waals surface area contributed by atoms with Crippen molar-refractivity contribution >= 4 is 17.5 Å². The number of carbonyl (C=O) groups excluding carboxylic acids is 2. The lowest BCUT2D eigenvalue weighted by Crippen LogP contribution is -2.33. The second kappa shape index (κ2) is 5.17. The third-order valence-corrected chi connectivity index (χ3v) is 1.88. The molecule has 0 spiro atoms. The van der Waals surface area contributed by atoms with Crippen LogP contribution in [0, 0.1) is 21.7 Å². The fourth-order valence-electron chi connectivity index (χ4n) is 1.14. The first-order chi connectivity index (χ1) is 8.32. The molecule has 3 N–H and O–H groups in total. The van der Waals surface area contributed by atoms with Crippen LogP contribution in [0.5, 0.6) is 0 Å². The van der Waals surface area contributed by atoms with E-state index in [2.05, 4.69) is 0 Å². The number of nitro benzene ring substituents is 1. The van der Waals surface area contributed by atoms with Crippen molar-refractivity contribution in [1.82, 2.24) is 5.32 Å². The van der Waals surface area contributed by atoms with Gasteiger partial charge < -0.3 is 11.1 Å². The van der Waals surface area contributed by atoms with E-state index in [0.29, 0.717) is 12.1 Å². The van der Waals surface area contributed by atoms with Crippen molar-refractivity contribution in [3.05, 3.63) is 39.4 Å². The fraction of sp³-hybridized carbons (Fsp3) is 0.111. The lowest BCUT2D eigenvalue weighted by atomic mass is 10.1. The zero-order valence-electron chi connectivity index (χ0n) is 8.78. The normalized spacial score (nSPS) is 9.89. The van der Waals surface area contributed by atoms with Gasteiger partial charge in [-0.1, -0.05) is 0 Å². The minimum absolute atomic E-state index is 0.347. The van der Waals surface area contributed by atoms with Gasteiger partial charge in [-0.25, -0.2) is 4.39 Å². The molecule has 1 rings (SSSR count). The monoisotopic (exact) mass is 259 g/mol. The average Bonchev–Trinajstić information content (AvgIpc) is 2.28. The number of halogens is 2. The lowest BCUT2D eigenvalue weighted by Gasteiger charge is -2.04. The fourth-order valence-corrected chi connectivity index (χ4v) is 1.14. The third-order valence-electron chi connectivity index (χ3n) is 1.88. The van der Waals surface area contributed by atoms with Gasteiger partial charge in [-0.05, 0) is 6.07 Å². The van der Waals surface area contributed by atoms with E-state index in [0.717, 1.165) is 0 Å². The Morgan fingerprint density at radius 2 is 2.00 bits per heavy atom. The molecule has 0 unspecified atom stereocenters. The van der Waals surface area contributed by atoms with Crippen LogP contribution in [0.2, 0.25) is 0 Å². The molecule has 96 valence electrons. The molecule has 9 heteroatoms. The van der Waals surface area contributed by atoms with Gasteiger partial charge in [0.1, 0.15) is 5.82 Å².